The molecule has 0 N–H and O–H groups in total. The molecule has 0 saturated carbocycles. The predicted octanol–water partition coefficient (Wildman–Crippen LogP) is 2.37. The first-order valence-electron chi connectivity index (χ1n) is 5.78. The third-order valence-corrected chi connectivity index (χ3v) is 3.71. The molecule has 1 unspecified atom stereocenters. The standard InChI is InChI=1S/C12H18BrN3/c1-3-10-9-16(8-7-15(10)2)12-6-4-5-11(13)14-12/h4-6,10H,3,7-9H2,1-2H3. The van der Waals surface area contributed by atoms with Crippen LogP contribution in [-0.4, -0.2) is 42.6 Å². The van der Waals surface area contributed by atoms with Gasteiger partial charge >= 0.3 is 0 Å². The molecule has 88 valence electrons. The summed E-state index contributed by atoms with van der Waals surface area (Å²) in [6, 6.07) is 6.75. The summed E-state index contributed by atoms with van der Waals surface area (Å²) in [5.41, 5.74) is 0. The molecule has 0 bridgehead atoms. The van der Waals surface area contributed by atoms with Crippen molar-refractivity contribution in [3.8, 4) is 0 Å². The highest BCUT2D eigenvalue weighted by Crippen LogP contribution is 2.19. The fraction of sp³-hybridized carbons (Fsp3) is 0.583. The zero-order valence-electron chi connectivity index (χ0n) is 9.86. The van der Waals surface area contributed by atoms with Crippen LogP contribution in [0.15, 0.2) is 22.8 Å². The first kappa shape index (κ1) is 11.9. The van der Waals surface area contributed by atoms with E-state index in [9.17, 15) is 0 Å². The number of nitrogens with zero attached hydrogens (tertiary/aromatic N) is 3. The maximum Gasteiger partial charge on any atom is 0.129 e. The summed E-state index contributed by atoms with van der Waals surface area (Å²) in [5, 5.41) is 0. The third-order valence-electron chi connectivity index (χ3n) is 3.27. The smallest absolute Gasteiger partial charge is 0.129 e. The molecule has 1 aromatic heterocycles. The summed E-state index contributed by atoms with van der Waals surface area (Å²) in [5.74, 6) is 1.08. The van der Waals surface area contributed by atoms with E-state index in [2.05, 4.69) is 50.8 Å². The van der Waals surface area contributed by atoms with Gasteiger partial charge in [-0.25, -0.2) is 4.98 Å². The molecule has 3 nitrogen and oxygen atoms in total. The van der Waals surface area contributed by atoms with Gasteiger partial charge in [-0.1, -0.05) is 13.0 Å². The Labute approximate surface area is 106 Å². The van der Waals surface area contributed by atoms with Crippen molar-refractivity contribution in [2.45, 2.75) is 19.4 Å². The second-order valence-electron chi connectivity index (χ2n) is 4.31. The second-order valence-corrected chi connectivity index (χ2v) is 5.12. The van der Waals surface area contributed by atoms with Gasteiger partial charge in [0.05, 0.1) is 0 Å². The quantitative estimate of drug-likeness (QED) is 0.777. The van der Waals surface area contributed by atoms with E-state index in [0.717, 1.165) is 30.1 Å². The molecule has 2 rings (SSSR count). The number of hydrogen-bond acceptors (Lipinski definition) is 3. The van der Waals surface area contributed by atoms with E-state index in [1.165, 1.54) is 6.42 Å². The van der Waals surface area contributed by atoms with Crippen molar-refractivity contribution >= 4 is 21.7 Å². The van der Waals surface area contributed by atoms with Crippen molar-refractivity contribution in [3.63, 3.8) is 0 Å². The Kier molecular flexibility index (Phi) is 3.82. The van der Waals surface area contributed by atoms with Crippen LogP contribution in [0, 0.1) is 0 Å². The summed E-state index contributed by atoms with van der Waals surface area (Å²) in [4.78, 5) is 9.33. The van der Waals surface area contributed by atoms with Crippen LogP contribution in [0.3, 0.4) is 0 Å². The predicted molar refractivity (Wildman–Crippen MR) is 70.9 cm³/mol. The van der Waals surface area contributed by atoms with E-state index in [0.29, 0.717) is 6.04 Å². The van der Waals surface area contributed by atoms with Crippen molar-refractivity contribution in [2.24, 2.45) is 0 Å². The van der Waals surface area contributed by atoms with Crippen molar-refractivity contribution in [1.82, 2.24) is 9.88 Å². The summed E-state index contributed by atoms with van der Waals surface area (Å²) in [6.07, 6.45) is 1.20. The van der Waals surface area contributed by atoms with E-state index < -0.39 is 0 Å². The SMILES string of the molecule is CCC1CN(c2cccc(Br)n2)CCN1C. The van der Waals surface area contributed by atoms with Crippen molar-refractivity contribution in [3.05, 3.63) is 22.8 Å². The lowest BCUT2D eigenvalue weighted by Gasteiger charge is -2.39. The van der Waals surface area contributed by atoms with E-state index in [-0.39, 0.29) is 0 Å². The summed E-state index contributed by atoms with van der Waals surface area (Å²) in [6.45, 7) is 5.51. The van der Waals surface area contributed by atoms with Crippen LogP contribution in [0.25, 0.3) is 0 Å². The van der Waals surface area contributed by atoms with Crippen LogP contribution >= 0.6 is 15.9 Å². The average molecular weight is 284 g/mol. The van der Waals surface area contributed by atoms with Gasteiger partial charge in [0.15, 0.2) is 0 Å². The van der Waals surface area contributed by atoms with Crippen LogP contribution in [0.5, 0.6) is 0 Å². The van der Waals surface area contributed by atoms with Crippen molar-refractivity contribution in [2.75, 3.05) is 31.6 Å². The fourth-order valence-corrected chi connectivity index (χ4v) is 2.50. The Hall–Kier alpha value is -0.610. The van der Waals surface area contributed by atoms with Crippen LogP contribution in [-0.2, 0) is 0 Å². The Balaban J connectivity index is 2.11. The zero-order valence-corrected chi connectivity index (χ0v) is 11.4. The minimum absolute atomic E-state index is 0.648. The number of aromatic nitrogens is 1. The summed E-state index contributed by atoms with van der Waals surface area (Å²) < 4.78 is 0.914. The molecule has 0 spiro atoms. The maximum absolute atomic E-state index is 4.51. The molecule has 1 aromatic rings. The number of likely N-dealkylation sites (N-methyl/N-ethyl adjacent to an activating group) is 1. The lowest BCUT2D eigenvalue weighted by molar-refractivity contribution is 0.213. The van der Waals surface area contributed by atoms with Crippen molar-refractivity contribution in [1.29, 1.82) is 0 Å². The van der Waals surface area contributed by atoms with E-state index in [4.69, 9.17) is 0 Å². The second kappa shape index (κ2) is 5.15. The highest BCUT2D eigenvalue weighted by atomic mass is 79.9. The Morgan fingerprint density at radius 1 is 1.44 bits per heavy atom. The Morgan fingerprint density at radius 3 is 2.94 bits per heavy atom. The molecule has 16 heavy (non-hydrogen) atoms. The van der Waals surface area contributed by atoms with Crippen molar-refractivity contribution < 1.29 is 0 Å². The molecule has 1 aliphatic rings. The highest BCUT2D eigenvalue weighted by Gasteiger charge is 2.23. The van der Waals surface area contributed by atoms with Gasteiger partial charge in [-0.3, -0.25) is 4.90 Å². The van der Waals surface area contributed by atoms with Crippen LogP contribution < -0.4 is 4.90 Å². The third kappa shape index (κ3) is 2.55. The van der Waals surface area contributed by atoms with Crippen LogP contribution in [0.1, 0.15) is 13.3 Å². The Bertz CT molecular complexity index is 356. The topological polar surface area (TPSA) is 19.4 Å². The molecule has 1 fully saturated rings. The van der Waals surface area contributed by atoms with Gasteiger partial charge in [-0.05, 0) is 41.5 Å². The van der Waals surface area contributed by atoms with Gasteiger partial charge in [0.2, 0.25) is 0 Å². The van der Waals surface area contributed by atoms with Crippen LogP contribution in [0.2, 0.25) is 0 Å². The molecule has 0 radical (unpaired) electrons. The number of anilines is 1. The van der Waals surface area contributed by atoms with E-state index >= 15 is 0 Å². The molecular weight excluding hydrogens is 266 g/mol. The number of hydrogen-bond donors (Lipinski definition) is 0. The Morgan fingerprint density at radius 2 is 2.25 bits per heavy atom. The maximum atomic E-state index is 4.51. The number of pyridine rings is 1. The van der Waals surface area contributed by atoms with E-state index in [1.807, 2.05) is 12.1 Å². The lowest BCUT2D eigenvalue weighted by Crippen LogP contribution is -2.51. The number of piperazine rings is 1. The minimum atomic E-state index is 0.648. The zero-order chi connectivity index (χ0) is 11.5. The lowest BCUT2D eigenvalue weighted by atomic mass is 10.1. The van der Waals surface area contributed by atoms with E-state index in [1.54, 1.807) is 0 Å². The molecule has 1 aliphatic heterocycles. The van der Waals surface area contributed by atoms with Gasteiger partial charge in [0.1, 0.15) is 10.4 Å². The molecule has 1 atom stereocenters. The normalized spacial score (nSPS) is 22.4. The van der Waals surface area contributed by atoms with Crippen LogP contribution in [0.4, 0.5) is 5.82 Å². The van der Waals surface area contributed by atoms with Gasteiger partial charge < -0.3 is 4.90 Å². The van der Waals surface area contributed by atoms with Gasteiger partial charge in [-0.2, -0.15) is 0 Å². The first-order chi connectivity index (χ1) is 7.70. The fourth-order valence-electron chi connectivity index (χ4n) is 2.17. The summed E-state index contributed by atoms with van der Waals surface area (Å²) in [7, 11) is 2.21. The molecule has 1 saturated heterocycles. The largest absolute Gasteiger partial charge is 0.354 e. The molecule has 2 heterocycles. The molecule has 0 amide bonds. The highest BCUT2D eigenvalue weighted by molar-refractivity contribution is 9.10. The molecular formula is C12H18BrN3. The van der Waals surface area contributed by atoms with Gasteiger partial charge in [-0.15, -0.1) is 0 Å². The molecule has 4 heteroatoms. The average Bonchev–Trinajstić information content (AvgIpc) is 2.29. The molecule has 0 aliphatic carbocycles. The first-order valence-corrected chi connectivity index (χ1v) is 6.57. The van der Waals surface area contributed by atoms with Gasteiger partial charge in [0, 0.05) is 25.7 Å². The number of halogens is 1. The minimum Gasteiger partial charge on any atom is -0.354 e. The monoisotopic (exact) mass is 283 g/mol. The van der Waals surface area contributed by atoms with Gasteiger partial charge in [0.25, 0.3) is 0 Å². The summed E-state index contributed by atoms with van der Waals surface area (Å²) >= 11 is 3.42. The number of rotatable bonds is 2. The molecule has 0 aromatic carbocycles.